The lowest BCUT2D eigenvalue weighted by Gasteiger charge is -2.15. The van der Waals surface area contributed by atoms with Crippen molar-refractivity contribution in [3.05, 3.63) is 23.2 Å². The molecule has 0 saturated carbocycles. The first-order valence-electron chi connectivity index (χ1n) is 6.17. The van der Waals surface area contributed by atoms with Gasteiger partial charge in [0.25, 0.3) is 0 Å². The highest BCUT2D eigenvalue weighted by molar-refractivity contribution is 5.88. The second-order valence-electron chi connectivity index (χ2n) is 4.75. The fraction of sp³-hybridized carbons (Fsp3) is 0.538. The maximum absolute atomic E-state index is 11.7. The van der Waals surface area contributed by atoms with Crippen LogP contribution in [0.25, 0.3) is 0 Å². The van der Waals surface area contributed by atoms with Gasteiger partial charge in [-0.2, -0.15) is 0 Å². The Labute approximate surface area is 112 Å². The van der Waals surface area contributed by atoms with Crippen LogP contribution in [-0.4, -0.2) is 29.1 Å². The van der Waals surface area contributed by atoms with Gasteiger partial charge in [0.1, 0.15) is 17.1 Å². The fourth-order valence-electron chi connectivity index (χ4n) is 1.60. The van der Waals surface area contributed by atoms with Crippen LogP contribution in [0.3, 0.4) is 0 Å². The fourth-order valence-corrected chi connectivity index (χ4v) is 1.60. The normalized spacial score (nSPS) is 12.5. The largest absolute Gasteiger partial charge is 0.478 e. The first-order chi connectivity index (χ1) is 8.81. The number of hydrogen-bond donors (Lipinski definition) is 3. The Morgan fingerprint density at radius 3 is 2.47 bits per heavy atom. The molecule has 0 spiro atoms. The number of furan rings is 1. The van der Waals surface area contributed by atoms with Crippen LogP contribution in [0, 0.1) is 6.92 Å². The van der Waals surface area contributed by atoms with Crippen LogP contribution < -0.4 is 10.6 Å². The third kappa shape index (κ3) is 4.40. The Morgan fingerprint density at radius 2 is 2.00 bits per heavy atom. The van der Waals surface area contributed by atoms with E-state index in [0.29, 0.717) is 18.1 Å². The zero-order chi connectivity index (χ0) is 14.6. The number of carboxylic acid groups (broad SMARTS) is 1. The van der Waals surface area contributed by atoms with Crippen molar-refractivity contribution >= 4 is 11.9 Å². The highest BCUT2D eigenvalue weighted by atomic mass is 16.4. The molecule has 0 saturated heterocycles. The van der Waals surface area contributed by atoms with Gasteiger partial charge in [-0.1, -0.05) is 0 Å². The summed E-state index contributed by atoms with van der Waals surface area (Å²) in [7, 11) is 0. The molecule has 0 aliphatic carbocycles. The summed E-state index contributed by atoms with van der Waals surface area (Å²) in [5, 5.41) is 14.7. The van der Waals surface area contributed by atoms with E-state index >= 15 is 0 Å². The van der Waals surface area contributed by atoms with Crippen LogP contribution in [0.4, 0.5) is 0 Å². The maximum Gasteiger partial charge on any atom is 0.339 e. The van der Waals surface area contributed by atoms with Gasteiger partial charge < -0.3 is 14.8 Å². The Balaban J connectivity index is 2.55. The summed E-state index contributed by atoms with van der Waals surface area (Å²) < 4.78 is 5.31. The van der Waals surface area contributed by atoms with Crippen molar-refractivity contribution in [2.24, 2.45) is 0 Å². The molecule has 0 aliphatic heterocycles. The first kappa shape index (κ1) is 15.2. The molecule has 19 heavy (non-hydrogen) atoms. The molecule has 1 aromatic heterocycles. The Bertz CT molecular complexity index is 465. The lowest BCUT2D eigenvalue weighted by Crippen LogP contribution is -2.44. The van der Waals surface area contributed by atoms with E-state index in [2.05, 4.69) is 10.6 Å². The quantitative estimate of drug-likeness (QED) is 0.723. The molecular weight excluding hydrogens is 248 g/mol. The van der Waals surface area contributed by atoms with Crippen LogP contribution in [0.15, 0.2) is 10.5 Å². The molecular formula is C13H20N2O4. The number of carbonyl (C=O) groups is 2. The molecule has 0 fully saturated rings. The first-order valence-corrected chi connectivity index (χ1v) is 6.17. The summed E-state index contributed by atoms with van der Waals surface area (Å²) in [4.78, 5) is 22.5. The minimum Gasteiger partial charge on any atom is -0.478 e. The van der Waals surface area contributed by atoms with Crippen molar-refractivity contribution in [1.82, 2.24) is 10.6 Å². The SMILES string of the molecule is Cc1oc(CNC(C)C(=O)NC(C)C)cc1C(=O)O. The Morgan fingerprint density at radius 1 is 1.37 bits per heavy atom. The van der Waals surface area contributed by atoms with Gasteiger partial charge in [-0.3, -0.25) is 10.1 Å². The molecule has 1 amide bonds. The van der Waals surface area contributed by atoms with Crippen molar-refractivity contribution in [1.29, 1.82) is 0 Å². The molecule has 6 heteroatoms. The van der Waals surface area contributed by atoms with E-state index in [1.807, 2.05) is 13.8 Å². The minimum absolute atomic E-state index is 0.0845. The monoisotopic (exact) mass is 268 g/mol. The molecule has 1 heterocycles. The van der Waals surface area contributed by atoms with Gasteiger partial charge in [-0.15, -0.1) is 0 Å². The summed E-state index contributed by atoms with van der Waals surface area (Å²) in [6.45, 7) is 7.42. The molecule has 3 N–H and O–H groups in total. The van der Waals surface area contributed by atoms with E-state index in [-0.39, 0.29) is 23.6 Å². The second kappa shape index (κ2) is 6.38. The zero-order valence-corrected chi connectivity index (χ0v) is 11.6. The molecule has 0 aliphatic rings. The van der Waals surface area contributed by atoms with Crippen molar-refractivity contribution in [3.63, 3.8) is 0 Å². The van der Waals surface area contributed by atoms with E-state index in [0.717, 1.165) is 0 Å². The van der Waals surface area contributed by atoms with Crippen LogP contribution >= 0.6 is 0 Å². The maximum atomic E-state index is 11.7. The number of carboxylic acids is 1. The smallest absolute Gasteiger partial charge is 0.339 e. The number of rotatable bonds is 6. The van der Waals surface area contributed by atoms with Crippen LogP contribution in [0.2, 0.25) is 0 Å². The highest BCUT2D eigenvalue weighted by Crippen LogP contribution is 2.14. The van der Waals surface area contributed by atoms with E-state index < -0.39 is 5.97 Å². The predicted octanol–water partition coefficient (Wildman–Crippen LogP) is 1.29. The molecule has 1 rings (SSSR count). The van der Waals surface area contributed by atoms with Crippen LogP contribution in [0.1, 0.15) is 42.6 Å². The number of hydrogen-bond acceptors (Lipinski definition) is 4. The van der Waals surface area contributed by atoms with Crippen LogP contribution in [-0.2, 0) is 11.3 Å². The van der Waals surface area contributed by atoms with Gasteiger partial charge in [-0.25, -0.2) is 4.79 Å². The average molecular weight is 268 g/mol. The molecule has 0 bridgehead atoms. The van der Waals surface area contributed by atoms with Crippen molar-refractivity contribution in [2.75, 3.05) is 0 Å². The Hall–Kier alpha value is -1.82. The molecule has 0 aromatic carbocycles. The third-order valence-electron chi connectivity index (χ3n) is 2.61. The molecule has 1 aromatic rings. The number of carbonyl (C=O) groups excluding carboxylic acids is 1. The predicted molar refractivity (Wildman–Crippen MR) is 70.0 cm³/mol. The minimum atomic E-state index is -1.02. The van der Waals surface area contributed by atoms with Crippen LogP contribution in [0.5, 0.6) is 0 Å². The van der Waals surface area contributed by atoms with Gasteiger partial charge in [0.2, 0.25) is 5.91 Å². The van der Waals surface area contributed by atoms with E-state index in [9.17, 15) is 9.59 Å². The Kier molecular flexibility index (Phi) is 5.11. The van der Waals surface area contributed by atoms with E-state index in [4.69, 9.17) is 9.52 Å². The number of nitrogens with one attached hydrogen (secondary N) is 2. The summed E-state index contributed by atoms with van der Waals surface area (Å²) in [6.07, 6.45) is 0. The summed E-state index contributed by atoms with van der Waals surface area (Å²) in [6, 6.07) is 1.18. The summed E-state index contributed by atoms with van der Waals surface area (Å²) in [5.74, 6) is -0.252. The standard InChI is InChI=1S/C13H20N2O4/c1-7(2)15-12(16)8(3)14-6-10-5-11(13(17)18)9(4)19-10/h5,7-8,14H,6H2,1-4H3,(H,15,16)(H,17,18). The molecule has 106 valence electrons. The van der Waals surface area contributed by atoms with Gasteiger partial charge >= 0.3 is 5.97 Å². The van der Waals surface area contributed by atoms with E-state index in [1.165, 1.54) is 6.07 Å². The van der Waals surface area contributed by atoms with Gasteiger partial charge in [0, 0.05) is 6.04 Å². The second-order valence-corrected chi connectivity index (χ2v) is 4.75. The topological polar surface area (TPSA) is 91.6 Å². The number of aromatic carboxylic acids is 1. The molecule has 0 radical (unpaired) electrons. The van der Waals surface area contributed by atoms with Crippen molar-refractivity contribution < 1.29 is 19.1 Å². The van der Waals surface area contributed by atoms with E-state index in [1.54, 1.807) is 13.8 Å². The third-order valence-corrected chi connectivity index (χ3v) is 2.61. The summed E-state index contributed by atoms with van der Waals surface area (Å²) >= 11 is 0. The van der Waals surface area contributed by atoms with Gasteiger partial charge in [0.15, 0.2) is 0 Å². The zero-order valence-electron chi connectivity index (χ0n) is 11.6. The molecule has 1 unspecified atom stereocenters. The lowest BCUT2D eigenvalue weighted by molar-refractivity contribution is -0.123. The highest BCUT2D eigenvalue weighted by Gasteiger charge is 2.16. The number of aryl methyl sites for hydroxylation is 1. The molecule has 6 nitrogen and oxygen atoms in total. The van der Waals surface area contributed by atoms with Crippen molar-refractivity contribution in [3.8, 4) is 0 Å². The van der Waals surface area contributed by atoms with Gasteiger partial charge in [0.05, 0.1) is 12.6 Å². The summed E-state index contributed by atoms with van der Waals surface area (Å²) in [5.41, 5.74) is 0.149. The van der Waals surface area contributed by atoms with Gasteiger partial charge in [-0.05, 0) is 33.8 Å². The lowest BCUT2D eigenvalue weighted by atomic mass is 10.2. The number of amides is 1. The molecule has 1 atom stereocenters. The van der Waals surface area contributed by atoms with Crippen molar-refractivity contribution in [2.45, 2.75) is 46.3 Å². The average Bonchev–Trinajstić information content (AvgIpc) is 2.66.